The zero-order valence-electron chi connectivity index (χ0n) is 13.1. The number of amides is 2. The highest BCUT2D eigenvalue weighted by Crippen LogP contribution is 2.35. The Balaban J connectivity index is 1.62. The maximum Gasteiger partial charge on any atom is 0.315 e. The largest absolute Gasteiger partial charge is 0.454 e. The first-order valence-electron chi connectivity index (χ1n) is 7.40. The third-order valence-electron chi connectivity index (χ3n) is 3.70. The van der Waals surface area contributed by atoms with Gasteiger partial charge in [-0.05, 0) is 43.2 Å². The Labute approximate surface area is 134 Å². The molecule has 0 radical (unpaired) electrons. The van der Waals surface area contributed by atoms with Gasteiger partial charge in [0.1, 0.15) is 0 Å². The van der Waals surface area contributed by atoms with Gasteiger partial charge in [-0.25, -0.2) is 4.79 Å². The monoisotopic (exact) mass is 313 g/mol. The van der Waals surface area contributed by atoms with E-state index in [1.807, 2.05) is 44.2 Å². The van der Waals surface area contributed by atoms with Crippen LogP contribution in [-0.2, 0) is 12.1 Å². The Morgan fingerprint density at radius 3 is 2.87 bits per heavy atom. The lowest BCUT2D eigenvalue weighted by Gasteiger charge is -2.27. The van der Waals surface area contributed by atoms with Crippen LogP contribution in [-0.4, -0.2) is 17.8 Å². The molecule has 1 aliphatic rings. The predicted octanol–water partition coefficient (Wildman–Crippen LogP) is 2.54. The molecule has 1 aliphatic heterocycles. The van der Waals surface area contributed by atoms with Crippen LogP contribution in [0, 0.1) is 0 Å². The molecule has 0 bridgehead atoms. The molecule has 2 N–H and O–H groups in total. The summed E-state index contributed by atoms with van der Waals surface area (Å²) in [6.45, 7) is 4.54. The summed E-state index contributed by atoms with van der Waals surface area (Å²) in [6.07, 6.45) is 3.43. The summed E-state index contributed by atoms with van der Waals surface area (Å²) in [5, 5.41) is 5.80. The van der Waals surface area contributed by atoms with Gasteiger partial charge in [0.2, 0.25) is 6.79 Å². The normalized spacial score (nSPS) is 12.8. The van der Waals surface area contributed by atoms with E-state index in [0.717, 1.165) is 16.9 Å². The summed E-state index contributed by atoms with van der Waals surface area (Å²) in [4.78, 5) is 16.2. The molecule has 0 aliphatic carbocycles. The van der Waals surface area contributed by atoms with Crippen molar-refractivity contribution in [2.24, 2.45) is 0 Å². The van der Waals surface area contributed by atoms with E-state index < -0.39 is 5.54 Å². The van der Waals surface area contributed by atoms with Crippen molar-refractivity contribution in [3.05, 3.63) is 53.9 Å². The number of pyridine rings is 1. The van der Waals surface area contributed by atoms with Gasteiger partial charge in [0, 0.05) is 18.9 Å². The van der Waals surface area contributed by atoms with Crippen LogP contribution in [0.15, 0.2) is 42.7 Å². The highest BCUT2D eigenvalue weighted by atomic mass is 16.7. The molecule has 23 heavy (non-hydrogen) atoms. The van der Waals surface area contributed by atoms with Gasteiger partial charge in [-0.3, -0.25) is 4.98 Å². The van der Waals surface area contributed by atoms with Crippen LogP contribution in [0.2, 0.25) is 0 Å². The predicted molar refractivity (Wildman–Crippen MR) is 85.2 cm³/mol. The molecule has 1 aromatic carbocycles. The smallest absolute Gasteiger partial charge is 0.315 e. The van der Waals surface area contributed by atoms with Gasteiger partial charge in [0.05, 0.1) is 5.54 Å². The first-order valence-corrected chi connectivity index (χ1v) is 7.40. The van der Waals surface area contributed by atoms with E-state index >= 15 is 0 Å². The van der Waals surface area contributed by atoms with E-state index in [1.165, 1.54) is 0 Å². The number of hydrogen-bond acceptors (Lipinski definition) is 4. The third-order valence-corrected chi connectivity index (χ3v) is 3.70. The number of urea groups is 1. The minimum absolute atomic E-state index is 0.234. The third kappa shape index (κ3) is 3.53. The van der Waals surface area contributed by atoms with Gasteiger partial charge in [0.15, 0.2) is 11.5 Å². The standard InChI is InChI=1S/C17H19N3O3/c1-17(2,13-5-6-14-15(8-13)23-11-22-14)20-16(21)19-10-12-4-3-7-18-9-12/h3-9H,10-11H2,1-2H3,(H2,19,20,21). The molecule has 0 saturated heterocycles. The van der Waals surface area contributed by atoms with Gasteiger partial charge in [0.25, 0.3) is 0 Å². The second kappa shape index (κ2) is 6.16. The molecule has 1 aromatic heterocycles. The number of fused-ring (bicyclic) bond motifs is 1. The van der Waals surface area contributed by atoms with Crippen LogP contribution in [0.5, 0.6) is 11.5 Å². The van der Waals surface area contributed by atoms with Crippen molar-refractivity contribution < 1.29 is 14.3 Å². The first kappa shape index (κ1) is 15.1. The van der Waals surface area contributed by atoms with Gasteiger partial charge in [-0.1, -0.05) is 12.1 Å². The molecule has 0 fully saturated rings. The van der Waals surface area contributed by atoms with Crippen molar-refractivity contribution in [1.29, 1.82) is 0 Å². The van der Waals surface area contributed by atoms with E-state index in [0.29, 0.717) is 12.3 Å². The van der Waals surface area contributed by atoms with Crippen molar-refractivity contribution in [1.82, 2.24) is 15.6 Å². The van der Waals surface area contributed by atoms with E-state index in [-0.39, 0.29) is 12.8 Å². The molecular formula is C17H19N3O3. The molecular weight excluding hydrogens is 294 g/mol. The Morgan fingerprint density at radius 2 is 2.09 bits per heavy atom. The van der Waals surface area contributed by atoms with E-state index in [4.69, 9.17) is 9.47 Å². The van der Waals surface area contributed by atoms with E-state index in [1.54, 1.807) is 12.4 Å². The Hall–Kier alpha value is -2.76. The molecule has 0 atom stereocenters. The lowest BCUT2D eigenvalue weighted by molar-refractivity contribution is 0.174. The molecule has 6 nitrogen and oxygen atoms in total. The van der Waals surface area contributed by atoms with Gasteiger partial charge in [-0.2, -0.15) is 0 Å². The zero-order valence-corrected chi connectivity index (χ0v) is 13.1. The number of rotatable bonds is 4. The molecule has 2 aromatic rings. The topological polar surface area (TPSA) is 72.5 Å². The number of benzene rings is 1. The maximum absolute atomic E-state index is 12.1. The fourth-order valence-electron chi connectivity index (χ4n) is 2.37. The quantitative estimate of drug-likeness (QED) is 0.910. The molecule has 2 heterocycles. The van der Waals surface area contributed by atoms with Crippen molar-refractivity contribution in [3.63, 3.8) is 0 Å². The van der Waals surface area contributed by atoms with Crippen LogP contribution >= 0.6 is 0 Å². The number of hydrogen-bond donors (Lipinski definition) is 2. The van der Waals surface area contributed by atoms with E-state index in [9.17, 15) is 4.79 Å². The number of carbonyl (C=O) groups excluding carboxylic acids is 1. The highest BCUT2D eigenvalue weighted by Gasteiger charge is 2.25. The second-order valence-corrected chi connectivity index (χ2v) is 5.86. The summed E-state index contributed by atoms with van der Waals surface area (Å²) in [5.41, 5.74) is 1.35. The number of carbonyl (C=O) groups is 1. The lowest BCUT2D eigenvalue weighted by Crippen LogP contribution is -2.46. The summed E-state index contributed by atoms with van der Waals surface area (Å²) >= 11 is 0. The second-order valence-electron chi connectivity index (χ2n) is 5.86. The van der Waals surface area contributed by atoms with Gasteiger partial charge in [-0.15, -0.1) is 0 Å². The minimum Gasteiger partial charge on any atom is -0.454 e. The lowest BCUT2D eigenvalue weighted by atomic mass is 9.94. The SMILES string of the molecule is CC(C)(NC(=O)NCc1cccnc1)c1ccc2c(c1)OCO2. The highest BCUT2D eigenvalue weighted by molar-refractivity contribution is 5.75. The summed E-state index contributed by atoms with van der Waals surface area (Å²) in [7, 11) is 0. The van der Waals surface area contributed by atoms with E-state index in [2.05, 4.69) is 15.6 Å². The number of ether oxygens (including phenoxy) is 2. The van der Waals surface area contributed by atoms with Crippen LogP contribution in [0.3, 0.4) is 0 Å². The maximum atomic E-state index is 12.1. The van der Waals surface area contributed by atoms with Crippen LogP contribution < -0.4 is 20.1 Å². The van der Waals surface area contributed by atoms with Gasteiger partial charge < -0.3 is 20.1 Å². The minimum atomic E-state index is -0.542. The van der Waals surface area contributed by atoms with Crippen molar-refractivity contribution in [2.75, 3.05) is 6.79 Å². The van der Waals surface area contributed by atoms with Crippen LogP contribution in [0.25, 0.3) is 0 Å². The average Bonchev–Trinajstić information content (AvgIpc) is 3.01. The Morgan fingerprint density at radius 1 is 1.26 bits per heavy atom. The summed E-state index contributed by atoms with van der Waals surface area (Å²) in [6, 6.07) is 9.19. The number of nitrogens with one attached hydrogen (secondary N) is 2. The van der Waals surface area contributed by atoms with Crippen LogP contribution in [0.4, 0.5) is 4.79 Å². The fraction of sp³-hybridized carbons (Fsp3) is 0.294. The molecule has 6 heteroatoms. The van der Waals surface area contributed by atoms with Crippen molar-refractivity contribution >= 4 is 6.03 Å². The fourth-order valence-corrected chi connectivity index (χ4v) is 2.37. The molecule has 120 valence electrons. The van der Waals surface area contributed by atoms with Gasteiger partial charge >= 0.3 is 6.03 Å². The Bertz CT molecular complexity index is 701. The average molecular weight is 313 g/mol. The Kier molecular flexibility index (Phi) is 4.06. The molecule has 3 rings (SSSR count). The molecule has 0 spiro atoms. The summed E-state index contributed by atoms with van der Waals surface area (Å²) < 4.78 is 10.7. The van der Waals surface area contributed by atoms with Crippen molar-refractivity contribution in [2.45, 2.75) is 25.9 Å². The molecule has 0 saturated carbocycles. The molecule has 2 amide bonds. The number of nitrogens with zero attached hydrogens (tertiary/aromatic N) is 1. The zero-order chi connectivity index (χ0) is 16.3. The van der Waals surface area contributed by atoms with Crippen LogP contribution in [0.1, 0.15) is 25.0 Å². The summed E-state index contributed by atoms with van der Waals surface area (Å²) in [5.74, 6) is 1.43. The first-order chi connectivity index (χ1) is 11.0. The number of aromatic nitrogens is 1. The van der Waals surface area contributed by atoms with Crippen molar-refractivity contribution in [3.8, 4) is 11.5 Å². The molecule has 0 unspecified atom stereocenters.